The zero-order chi connectivity index (χ0) is 31.0. The molecule has 0 aliphatic heterocycles. The highest BCUT2D eigenvalue weighted by Gasteiger charge is 2.34. The Kier molecular flexibility index (Phi) is 11.8. The maximum absolute atomic E-state index is 14.1. The Hall–Kier alpha value is -3.18. The number of benzene rings is 3. The molecule has 0 aromatic heterocycles. The van der Waals surface area contributed by atoms with E-state index in [4.69, 9.17) is 44.3 Å². The summed E-state index contributed by atoms with van der Waals surface area (Å²) in [4.78, 5) is 28.4. The van der Waals surface area contributed by atoms with E-state index in [1.54, 1.807) is 32.0 Å². The van der Waals surface area contributed by atoms with E-state index in [0.29, 0.717) is 32.9 Å². The predicted octanol–water partition coefficient (Wildman–Crippen LogP) is 5.80. The Morgan fingerprint density at radius 1 is 0.905 bits per heavy atom. The third kappa shape index (κ3) is 7.60. The van der Waals surface area contributed by atoms with Gasteiger partial charge in [-0.1, -0.05) is 47.8 Å². The number of anilines is 1. The monoisotopic (exact) mass is 655 g/mol. The number of methoxy groups -OCH3 is 2. The molecule has 226 valence electrons. The Labute approximate surface area is 261 Å². The molecule has 0 saturated carbocycles. The van der Waals surface area contributed by atoms with Crippen LogP contribution >= 0.6 is 34.8 Å². The molecule has 3 aromatic rings. The summed E-state index contributed by atoms with van der Waals surface area (Å²) in [6, 6.07) is 14.1. The van der Waals surface area contributed by atoms with Gasteiger partial charge in [0.25, 0.3) is 10.0 Å². The average Bonchev–Trinajstić information content (AvgIpc) is 2.97. The van der Waals surface area contributed by atoms with Crippen LogP contribution in [0.25, 0.3) is 0 Å². The molecule has 0 radical (unpaired) electrons. The molecule has 9 nitrogen and oxygen atoms in total. The van der Waals surface area contributed by atoms with Crippen LogP contribution < -0.4 is 19.1 Å². The van der Waals surface area contributed by atoms with Gasteiger partial charge in [-0.2, -0.15) is 0 Å². The van der Waals surface area contributed by atoms with Crippen molar-refractivity contribution in [2.75, 3.05) is 31.6 Å². The van der Waals surface area contributed by atoms with Crippen LogP contribution in [-0.2, 0) is 26.2 Å². The summed E-state index contributed by atoms with van der Waals surface area (Å²) in [6.45, 7) is 3.09. The molecule has 3 rings (SSSR count). The van der Waals surface area contributed by atoms with Crippen molar-refractivity contribution in [1.29, 1.82) is 0 Å². The zero-order valence-electron chi connectivity index (χ0n) is 23.6. The van der Waals surface area contributed by atoms with Gasteiger partial charge in [-0.25, -0.2) is 8.42 Å². The standard InChI is InChI=1S/C29H32Cl3N3O6S/c1-5-25(29(37)33-6-2)34(17-22-23(31)8-7-9-24(22)32)28(36)18-35(20-12-10-19(30)11-13-20)42(38,39)21-14-15-26(40-3)27(16-21)41-4/h7-16,25H,5-6,17-18H2,1-4H3,(H,33,37)/t25-/m1/s1. The normalized spacial score (nSPS) is 11.9. The van der Waals surface area contributed by atoms with Gasteiger partial charge in [0.05, 0.1) is 24.8 Å². The van der Waals surface area contributed by atoms with Crippen LogP contribution in [0.1, 0.15) is 25.8 Å². The summed E-state index contributed by atoms with van der Waals surface area (Å²) >= 11 is 18.9. The van der Waals surface area contributed by atoms with E-state index < -0.39 is 34.4 Å². The number of hydrogen-bond acceptors (Lipinski definition) is 6. The van der Waals surface area contributed by atoms with E-state index in [1.165, 1.54) is 61.6 Å². The number of halogens is 3. The SMILES string of the molecule is CCNC(=O)[C@@H](CC)N(Cc1c(Cl)cccc1Cl)C(=O)CN(c1ccc(Cl)cc1)S(=O)(=O)c1ccc(OC)c(OC)c1. The molecule has 0 unspecified atom stereocenters. The predicted molar refractivity (Wildman–Crippen MR) is 165 cm³/mol. The van der Waals surface area contributed by atoms with E-state index in [9.17, 15) is 18.0 Å². The number of carbonyl (C=O) groups excluding carboxylic acids is 2. The topological polar surface area (TPSA) is 105 Å². The third-order valence-corrected chi connectivity index (χ3v) is 9.19. The summed E-state index contributed by atoms with van der Waals surface area (Å²) in [5.41, 5.74) is 0.613. The molecule has 0 heterocycles. The molecule has 42 heavy (non-hydrogen) atoms. The Morgan fingerprint density at radius 3 is 2.07 bits per heavy atom. The number of nitrogens with zero attached hydrogens (tertiary/aromatic N) is 2. The van der Waals surface area contributed by atoms with Crippen molar-refractivity contribution < 1.29 is 27.5 Å². The number of amides is 2. The van der Waals surface area contributed by atoms with Gasteiger partial charge in [-0.3, -0.25) is 13.9 Å². The maximum atomic E-state index is 14.1. The van der Waals surface area contributed by atoms with Crippen molar-refractivity contribution in [3.05, 3.63) is 81.3 Å². The fourth-order valence-corrected chi connectivity index (χ4v) is 6.38. The van der Waals surface area contributed by atoms with Crippen molar-refractivity contribution >= 4 is 62.3 Å². The molecule has 0 bridgehead atoms. The number of ether oxygens (including phenoxy) is 2. The molecule has 0 aliphatic rings. The van der Waals surface area contributed by atoms with Gasteiger partial charge >= 0.3 is 0 Å². The number of sulfonamides is 1. The van der Waals surface area contributed by atoms with E-state index in [0.717, 1.165) is 4.31 Å². The zero-order valence-corrected chi connectivity index (χ0v) is 26.6. The second kappa shape index (κ2) is 14.8. The largest absolute Gasteiger partial charge is 0.493 e. The summed E-state index contributed by atoms with van der Waals surface area (Å²) in [7, 11) is -1.53. The van der Waals surface area contributed by atoms with Crippen molar-refractivity contribution in [3.8, 4) is 11.5 Å². The number of likely N-dealkylation sites (N-methyl/N-ethyl adjacent to an activating group) is 1. The molecule has 0 saturated heterocycles. The number of carbonyl (C=O) groups is 2. The molecular formula is C29H32Cl3N3O6S. The van der Waals surface area contributed by atoms with Crippen molar-refractivity contribution in [3.63, 3.8) is 0 Å². The molecule has 0 aliphatic carbocycles. The molecule has 13 heteroatoms. The smallest absolute Gasteiger partial charge is 0.264 e. The van der Waals surface area contributed by atoms with Crippen LogP contribution in [0.2, 0.25) is 15.1 Å². The van der Waals surface area contributed by atoms with Crippen molar-refractivity contribution in [1.82, 2.24) is 10.2 Å². The lowest BCUT2D eigenvalue weighted by Gasteiger charge is -2.33. The Bertz CT molecular complexity index is 1500. The van der Waals surface area contributed by atoms with Gasteiger partial charge in [0, 0.05) is 39.8 Å². The first-order chi connectivity index (χ1) is 20.0. The Balaban J connectivity index is 2.13. The highest BCUT2D eigenvalue weighted by Crippen LogP contribution is 2.33. The molecule has 1 N–H and O–H groups in total. The molecular weight excluding hydrogens is 625 g/mol. The second-order valence-corrected chi connectivity index (χ2v) is 12.2. The maximum Gasteiger partial charge on any atom is 0.264 e. The van der Waals surface area contributed by atoms with E-state index in [1.807, 2.05) is 0 Å². The minimum atomic E-state index is -4.35. The lowest BCUT2D eigenvalue weighted by Crippen LogP contribution is -2.52. The number of nitrogens with one attached hydrogen (secondary N) is 1. The van der Waals surface area contributed by atoms with Crippen LogP contribution in [0, 0.1) is 0 Å². The second-order valence-electron chi connectivity index (χ2n) is 9.05. The van der Waals surface area contributed by atoms with Gasteiger partial charge in [-0.15, -0.1) is 0 Å². The van der Waals surface area contributed by atoms with Gasteiger partial charge in [0.15, 0.2) is 11.5 Å². The fraction of sp³-hybridized carbons (Fsp3) is 0.310. The van der Waals surface area contributed by atoms with Crippen LogP contribution in [0.3, 0.4) is 0 Å². The average molecular weight is 657 g/mol. The van der Waals surface area contributed by atoms with Gasteiger partial charge in [0.2, 0.25) is 11.8 Å². The first kappa shape index (κ1) is 33.3. The first-order valence-corrected chi connectivity index (χ1v) is 15.6. The van der Waals surface area contributed by atoms with Gasteiger partial charge in [-0.05, 0) is 61.9 Å². The summed E-state index contributed by atoms with van der Waals surface area (Å²) in [5.74, 6) is -0.514. The van der Waals surface area contributed by atoms with Crippen LogP contribution in [0.5, 0.6) is 11.5 Å². The molecule has 1 atom stereocenters. The number of hydrogen-bond donors (Lipinski definition) is 1. The highest BCUT2D eigenvalue weighted by molar-refractivity contribution is 7.92. The molecule has 0 fully saturated rings. The lowest BCUT2D eigenvalue weighted by atomic mass is 10.1. The lowest BCUT2D eigenvalue weighted by molar-refractivity contribution is -0.140. The van der Waals surface area contributed by atoms with Crippen molar-refractivity contribution in [2.45, 2.75) is 37.8 Å². The summed E-state index contributed by atoms with van der Waals surface area (Å²) in [6.07, 6.45) is 0.253. The minimum absolute atomic E-state index is 0.127. The quantitative estimate of drug-likeness (QED) is 0.249. The molecule has 3 aromatic carbocycles. The van der Waals surface area contributed by atoms with Crippen LogP contribution in [0.4, 0.5) is 5.69 Å². The third-order valence-electron chi connectivity index (χ3n) is 6.46. The van der Waals surface area contributed by atoms with E-state index >= 15 is 0 Å². The Morgan fingerprint density at radius 2 is 1.52 bits per heavy atom. The number of rotatable bonds is 13. The van der Waals surface area contributed by atoms with Crippen LogP contribution in [-0.4, -0.2) is 58.5 Å². The van der Waals surface area contributed by atoms with Gasteiger partial charge in [0.1, 0.15) is 12.6 Å². The van der Waals surface area contributed by atoms with E-state index in [2.05, 4.69) is 5.32 Å². The van der Waals surface area contributed by atoms with Crippen LogP contribution in [0.15, 0.2) is 65.6 Å². The molecule has 0 spiro atoms. The summed E-state index contributed by atoms with van der Waals surface area (Å²) < 4.78 is 39.7. The van der Waals surface area contributed by atoms with Gasteiger partial charge < -0.3 is 19.7 Å². The molecule has 2 amide bonds. The fourth-order valence-electron chi connectivity index (χ4n) is 4.31. The van der Waals surface area contributed by atoms with E-state index in [-0.39, 0.29) is 29.3 Å². The minimum Gasteiger partial charge on any atom is -0.493 e. The van der Waals surface area contributed by atoms with Crippen molar-refractivity contribution in [2.24, 2.45) is 0 Å². The summed E-state index contributed by atoms with van der Waals surface area (Å²) in [5, 5.41) is 3.74. The highest BCUT2D eigenvalue weighted by atomic mass is 35.5. The first-order valence-electron chi connectivity index (χ1n) is 13.0.